The number of aryl methyl sites for hydroxylation is 1. The smallest absolute Gasteiger partial charge is 0.410 e. The largest absolute Gasteiger partial charge is 0.489 e. The Balaban J connectivity index is 1.93. The van der Waals surface area contributed by atoms with Crippen molar-refractivity contribution in [3.63, 3.8) is 0 Å². The molecule has 1 aromatic rings. The lowest BCUT2D eigenvalue weighted by Gasteiger charge is -2.34. The molecule has 0 aromatic heterocycles. The molecule has 1 aliphatic rings. The molecular formula is C17H25NO3. The number of piperidine rings is 1. The third kappa shape index (κ3) is 4.96. The Labute approximate surface area is 127 Å². The Morgan fingerprint density at radius 2 is 2.10 bits per heavy atom. The highest BCUT2D eigenvalue weighted by atomic mass is 16.6. The Morgan fingerprint density at radius 3 is 2.76 bits per heavy atom. The van der Waals surface area contributed by atoms with E-state index in [0.717, 1.165) is 25.1 Å². The van der Waals surface area contributed by atoms with Gasteiger partial charge in [0.05, 0.1) is 6.54 Å². The van der Waals surface area contributed by atoms with Gasteiger partial charge in [-0.05, 0) is 58.2 Å². The summed E-state index contributed by atoms with van der Waals surface area (Å²) < 4.78 is 11.4. The lowest BCUT2D eigenvalue weighted by molar-refractivity contribution is 0.00775. The van der Waals surface area contributed by atoms with E-state index in [9.17, 15) is 4.79 Å². The predicted octanol–water partition coefficient (Wildman–Crippen LogP) is 3.77. The van der Waals surface area contributed by atoms with Crippen molar-refractivity contribution in [2.24, 2.45) is 0 Å². The number of carbonyl (C=O) groups is 1. The van der Waals surface area contributed by atoms with Gasteiger partial charge in [-0.1, -0.05) is 12.1 Å². The molecule has 0 aliphatic carbocycles. The van der Waals surface area contributed by atoms with Gasteiger partial charge in [0.15, 0.2) is 0 Å². The average molecular weight is 291 g/mol. The first-order valence-corrected chi connectivity index (χ1v) is 7.55. The molecule has 0 saturated carbocycles. The normalized spacial score (nSPS) is 19.2. The zero-order valence-corrected chi connectivity index (χ0v) is 13.4. The van der Waals surface area contributed by atoms with Crippen LogP contribution in [0.4, 0.5) is 4.79 Å². The van der Waals surface area contributed by atoms with Crippen molar-refractivity contribution < 1.29 is 14.3 Å². The van der Waals surface area contributed by atoms with E-state index < -0.39 is 5.60 Å². The molecule has 21 heavy (non-hydrogen) atoms. The molecule has 1 fully saturated rings. The molecule has 1 amide bonds. The Bertz CT molecular complexity index is 493. The van der Waals surface area contributed by atoms with Crippen LogP contribution in [0.2, 0.25) is 0 Å². The van der Waals surface area contributed by atoms with Gasteiger partial charge in [-0.25, -0.2) is 4.79 Å². The van der Waals surface area contributed by atoms with Gasteiger partial charge in [0.2, 0.25) is 0 Å². The zero-order chi connectivity index (χ0) is 15.5. The van der Waals surface area contributed by atoms with Crippen LogP contribution in [0.3, 0.4) is 0 Å². The zero-order valence-electron chi connectivity index (χ0n) is 13.4. The molecule has 116 valence electrons. The van der Waals surface area contributed by atoms with Crippen molar-refractivity contribution in [1.82, 2.24) is 4.90 Å². The molecule has 4 nitrogen and oxygen atoms in total. The summed E-state index contributed by atoms with van der Waals surface area (Å²) in [6, 6.07) is 8.01. The summed E-state index contributed by atoms with van der Waals surface area (Å²) in [5, 5.41) is 0. The molecule has 4 heteroatoms. The third-order valence-corrected chi connectivity index (χ3v) is 3.32. The summed E-state index contributed by atoms with van der Waals surface area (Å²) in [7, 11) is 0. The van der Waals surface area contributed by atoms with Gasteiger partial charge in [-0.2, -0.15) is 0 Å². The molecular weight excluding hydrogens is 266 g/mol. The minimum Gasteiger partial charge on any atom is -0.489 e. The number of likely N-dealkylation sites (tertiary alicyclic amines) is 1. The minimum atomic E-state index is -0.457. The Morgan fingerprint density at radius 1 is 1.33 bits per heavy atom. The maximum atomic E-state index is 12.1. The van der Waals surface area contributed by atoms with Crippen molar-refractivity contribution in [1.29, 1.82) is 0 Å². The first-order valence-electron chi connectivity index (χ1n) is 7.55. The van der Waals surface area contributed by atoms with Crippen LogP contribution in [0.15, 0.2) is 24.3 Å². The van der Waals surface area contributed by atoms with Crippen molar-refractivity contribution in [2.45, 2.75) is 52.2 Å². The van der Waals surface area contributed by atoms with Gasteiger partial charge < -0.3 is 14.4 Å². The highest BCUT2D eigenvalue weighted by Gasteiger charge is 2.28. The summed E-state index contributed by atoms with van der Waals surface area (Å²) in [6.07, 6.45) is 1.69. The van der Waals surface area contributed by atoms with E-state index in [0.29, 0.717) is 6.54 Å². The highest BCUT2D eigenvalue weighted by Crippen LogP contribution is 2.21. The van der Waals surface area contributed by atoms with E-state index in [2.05, 4.69) is 0 Å². The fourth-order valence-electron chi connectivity index (χ4n) is 2.41. The molecule has 1 aromatic carbocycles. The fourth-order valence-corrected chi connectivity index (χ4v) is 2.41. The van der Waals surface area contributed by atoms with E-state index >= 15 is 0 Å². The summed E-state index contributed by atoms with van der Waals surface area (Å²) in [6.45, 7) is 9.02. The molecule has 0 bridgehead atoms. The van der Waals surface area contributed by atoms with Crippen LogP contribution in [0.25, 0.3) is 0 Å². The van der Waals surface area contributed by atoms with E-state index in [1.807, 2.05) is 52.0 Å². The second-order valence-corrected chi connectivity index (χ2v) is 6.62. The summed E-state index contributed by atoms with van der Waals surface area (Å²) in [4.78, 5) is 13.9. The molecule has 1 heterocycles. The molecule has 2 rings (SSSR count). The summed E-state index contributed by atoms with van der Waals surface area (Å²) in [5.41, 5.74) is 0.717. The average Bonchev–Trinajstić information content (AvgIpc) is 2.37. The van der Waals surface area contributed by atoms with Gasteiger partial charge in [-0.3, -0.25) is 0 Å². The Hall–Kier alpha value is -1.71. The third-order valence-electron chi connectivity index (χ3n) is 3.32. The predicted molar refractivity (Wildman–Crippen MR) is 82.6 cm³/mol. The van der Waals surface area contributed by atoms with Crippen LogP contribution in [0, 0.1) is 6.92 Å². The number of nitrogens with zero attached hydrogens (tertiary/aromatic N) is 1. The van der Waals surface area contributed by atoms with Gasteiger partial charge in [0.25, 0.3) is 0 Å². The van der Waals surface area contributed by atoms with Crippen molar-refractivity contribution in [2.75, 3.05) is 13.1 Å². The van der Waals surface area contributed by atoms with Crippen molar-refractivity contribution in [3.05, 3.63) is 29.8 Å². The molecule has 1 saturated heterocycles. The van der Waals surface area contributed by atoms with Crippen LogP contribution in [0.1, 0.15) is 39.2 Å². The lowest BCUT2D eigenvalue weighted by Crippen LogP contribution is -2.46. The van der Waals surface area contributed by atoms with Crippen LogP contribution in [-0.4, -0.2) is 35.8 Å². The first kappa shape index (κ1) is 15.7. The number of benzene rings is 1. The molecule has 0 spiro atoms. The molecule has 1 atom stereocenters. The minimum absolute atomic E-state index is 0.0352. The highest BCUT2D eigenvalue weighted by molar-refractivity contribution is 5.68. The van der Waals surface area contributed by atoms with E-state index in [4.69, 9.17) is 9.47 Å². The van der Waals surface area contributed by atoms with Gasteiger partial charge in [0.1, 0.15) is 17.5 Å². The topological polar surface area (TPSA) is 38.8 Å². The van der Waals surface area contributed by atoms with Crippen LogP contribution < -0.4 is 4.74 Å². The fraction of sp³-hybridized carbons (Fsp3) is 0.588. The van der Waals surface area contributed by atoms with Crippen molar-refractivity contribution >= 4 is 6.09 Å². The standard InChI is InChI=1S/C17H25NO3/c1-13-7-5-8-14(11-13)20-15-9-6-10-18(12-15)16(19)21-17(2,3)4/h5,7-8,11,15H,6,9-10,12H2,1-4H3/t15-/m1/s1. The number of rotatable bonds is 2. The van der Waals surface area contributed by atoms with Gasteiger partial charge in [-0.15, -0.1) is 0 Å². The molecule has 0 N–H and O–H groups in total. The van der Waals surface area contributed by atoms with E-state index in [-0.39, 0.29) is 12.2 Å². The maximum Gasteiger partial charge on any atom is 0.410 e. The SMILES string of the molecule is Cc1cccc(O[C@@H]2CCCN(C(=O)OC(C)(C)C)C2)c1. The lowest BCUT2D eigenvalue weighted by atomic mass is 10.1. The van der Waals surface area contributed by atoms with E-state index in [1.54, 1.807) is 4.90 Å². The number of carbonyl (C=O) groups excluding carboxylic acids is 1. The van der Waals surface area contributed by atoms with Gasteiger partial charge in [0, 0.05) is 6.54 Å². The number of ether oxygens (including phenoxy) is 2. The maximum absolute atomic E-state index is 12.1. The molecule has 1 aliphatic heterocycles. The van der Waals surface area contributed by atoms with Crippen molar-refractivity contribution in [3.8, 4) is 5.75 Å². The Kier molecular flexibility index (Phi) is 4.76. The summed E-state index contributed by atoms with van der Waals surface area (Å²) >= 11 is 0. The van der Waals surface area contributed by atoms with Crippen LogP contribution in [0.5, 0.6) is 5.75 Å². The molecule has 0 unspecified atom stereocenters. The monoisotopic (exact) mass is 291 g/mol. The number of amides is 1. The molecule has 0 radical (unpaired) electrons. The van der Waals surface area contributed by atoms with Gasteiger partial charge >= 0.3 is 6.09 Å². The van der Waals surface area contributed by atoms with Crippen LogP contribution >= 0.6 is 0 Å². The number of hydrogen-bond acceptors (Lipinski definition) is 3. The second kappa shape index (κ2) is 6.37. The van der Waals surface area contributed by atoms with Crippen LogP contribution in [-0.2, 0) is 4.74 Å². The summed E-state index contributed by atoms with van der Waals surface area (Å²) in [5.74, 6) is 0.867. The first-order chi connectivity index (χ1) is 9.83. The second-order valence-electron chi connectivity index (χ2n) is 6.62. The quantitative estimate of drug-likeness (QED) is 0.832. The number of hydrogen-bond donors (Lipinski definition) is 0. The van der Waals surface area contributed by atoms with E-state index in [1.165, 1.54) is 5.56 Å².